The smallest absolute Gasteiger partial charge is 0.145 e. The highest BCUT2D eigenvalue weighted by Crippen LogP contribution is 2.40. The second-order valence-electron chi connectivity index (χ2n) is 16.0. The average Bonchev–Trinajstić information content (AvgIpc) is 3.79. The third-order valence-electron chi connectivity index (χ3n) is 12.0. The van der Waals surface area contributed by atoms with E-state index in [1.54, 1.807) is 0 Å². The van der Waals surface area contributed by atoms with Gasteiger partial charge in [0.05, 0.1) is 11.0 Å². The molecule has 0 spiro atoms. The van der Waals surface area contributed by atoms with Crippen molar-refractivity contribution < 1.29 is 0 Å². The normalized spacial score (nSPS) is 11.1. The Bertz CT molecular complexity index is 3320. The summed E-state index contributed by atoms with van der Waals surface area (Å²) in [5, 5.41) is 0. The minimum Gasteiger partial charge on any atom is -0.311 e. The zero-order chi connectivity index (χ0) is 42.7. The topological polar surface area (TPSA) is 21.1 Å². The van der Waals surface area contributed by atoms with Crippen LogP contribution in [0.5, 0.6) is 0 Å². The lowest BCUT2D eigenvalue weighted by molar-refractivity contribution is 1.10. The number of hydrogen-bond acceptors (Lipinski definition) is 2. The molecule has 10 aromatic carbocycles. The number of nitrogens with zero attached hydrogens (tertiary/aromatic N) is 3. The molecular weight excluding hydrogens is 775 g/mol. The Morgan fingerprint density at radius 3 is 1.14 bits per heavy atom. The van der Waals surface area contributed by atoms with Crippen molar-refractivity contribution in [1.82, 2.24) is 9.55 Å². The number of benzene rings is 10. The van der Waals surface area contributed by atoms with Crippen molar-refractivity contribution in [1.29, 1.82) is 0 Å². The zero-order valence-electron chi connectivity index (χ0n) is 35.2. The van der Waals surface area contributed by atoms with E-state index in [4.69, 9.17) is 4.98 Å². The quantitative estimate of drug-likeness (QED) is 0.137. The van der Waals surface area contributed by atoms with E-state index in [-0.39, 0.29) is 0 Å². The van der Waals surface area contributed by atoms with Gasteiger partial charge < -0.3 is 4.90 Å². The van der Waals surface area contributed by atoms with Gasteiger partial charge in [-0.3, -0.25) is 4.57 Å². The van der Waals surface area contributed by atoms with Gasteiger partial charge in [-0.25, -0.2) is 4.98 Å². The van der Waals surface area contributed by atoms with E-state index in [1.165, 1.54) is 33.4 Å². The van der Waals surface area contributed by atoms with E-state index in [0.29, 0.717) is 0 Å². The van der Waals surface area contributed by atoms with Crippen LogP contribution in [0.4, 0.5) is 17.1 Å². The lowest BCUT2D eigenvalue weighted by Gasteiger charge is -2.26. The largest absolute Gasteiger partial charge is 0.311 e. The van der Waals surface area contributed by atoms with Crippen LogP contribution in [-0.2, 0) is 0 Å². The van der Waals surface area contributed by atoms with Gasteiger partial charge >= 0.3 is 0 Å². The maximum atomic E-state index is 5.22. The Labute approximate surface area is 374 Å². The predicted molar refractivity (Wildman–Crippen MR) is 268 cm³/mol. The third kappa shape index (κ3) is 7.57. The Kier molecular flexibility index (Phi) is 10.3. The van der Waals surface area contributed by atoms with E-state index in [0.717, 1.165) is 67.4 Å². The number of para-hydroxylation sites is 2. The Morgan fingerprint density at radius 2 is 0.641 bits per heavy atom. The lowest BCUT2D eigenvalue weighted by atomic mass is 9.97. The zero-order valence-corrected chi connectivity index (χ0v) is 35.2. The van der Waals surface area contributed by atoms with Gasteiger partial charge in [-0.15, -0.1) is 0 Å². The minimum absolute atomic E-state index is 0.923. The summed E-state index contributed by atoms with van der Waals surface area (Å²) in [5.41, 5.74) is 19.2. The highest BCUT2D eigenvalue weighted by Gasteiger charge is 2.19. The maximum Gasteiger partial charge on any atom is 0.145 e. The molecule has 1 heterocycles. The Hall–Kier alpha value is -8.53. The highest BCUT2D eigenvalue weighted by atomic mass is 15.1. The summed E-state index contributed by atoms with van der Waals surface area (Å²) in [6, 6.07) is 93.0. The molecule has 3 heteroatoms. The highest BCUT2D eigenvalue weighted by molar-refractivity contribution is 5.97. The van der Waals surface area contributed by atoms with E-state index in [2.05, 4.69) is 264 Å². The number of fused-ring (bicyclic) bond motifs is 1. The van der Waals surface area contributed by atoms with E-state index in [9.17, 15) is 0 Å². The molecule has 0 saturated carbocycles. The van der Waals surface area contributed by atoms with Gasteiger partial charge in [0.2, 0.25) is 0 Å². The fourth-order valence-corrected chi connectivity index (χ4v) is 8.83. The van der Waals surface area contributed by atoms with Crippen LogP contribution in [-0.4, -0.2) is 9.55 Å². The molecule has 0 unspecified atom stereocenters. The third-order valence-corrected chi connectivity index (χ3v) is 12.0. The number of anilines is 3. The minimum atomic E-state index is 0.923. The van der Waals surface area contributed by atoms with Crippen molar-refractivity contribution in [3.05, 3.63) is 261 Å². The predicted octanol–water partition coefficient (Wildman–Crippen LogP) is 16.5. The molecule has 0 fully saturated rings. The van der Waals surface area contributed by atoms with Crippen LogP contribution in [0.3, 0.4) is 0 Å². The fourth-order valence-electron chi connectivity index (χ4n) is 8.83. The molecule has 64 heavy (non-hydrogen) atoms. The standard InChI is InChI=1S/C61H43N3/c1-5-16-44(17-6-1)46-30-36-55(37-31-46)63(56-38-32-47(33-39-56)51-23-13-22-50(42-51)45-18-7-2-8-19-45)57-40-34-48(35-41-57)52-24-14-25-53(43-52)58-28-15-29-59-60(58)64(54-26-11-4-12-27-54)61(62-59)49-20-9-3-10-21-49/h1-43H. The van der Waals surface area contributed by atoms with Crippen molar-refractivity contribution in [3.8, 4) is 72.7 Å². The van der Waals surface area contributed by atoms with Crippen LogP contribution in [0, 0.1) is 0 Å². The maximum absolute atomic E-state index is 5.22. The van der Waals surface area contributed by atoms with Crippen molar-refractivity contribution in [2.75, 3.05) is 4.90 Å². The molecule has 0 bridgehead atoms. The molecular formula is C61H43N3. The monoisotopic (exact) mass is 817 g/mol. The molecule has 0 aliphatic rings. The van der Waals surface area contributed by atoms with Crippen LogP contribution >= 0.6 is 0 Å². The lowest BCUT2D eigenvalue weighted by Crippen LogP contribution is -2.09. The Morgan fingerprint density at radius 1 is 0.281 bits per heavy atom. The van der Waals surface area contributed by atoms with Crippen molar-refractivity contribution in [2.45, 2.75) is 0 Å². The molecule has 0 aliphatic heterocycles. The first kappa shape index (κ1) is 38.4. The number of rotatable bonds is 10. The van der Waals surface area contributed by atoms with Gasteiger partial charge in [-0.2, -0.15) is 0 Å². The molecule has 0 saturated heterocycles. The summed E-state index contributed by atoms with van der Waals surface area (Å²) in [4.78, 5) is 7.56. The number of imidazole rings is 1. The van der Waals surface area contributed by atoms with Crippen molar-refractivity contribution in [3.63, 3.8) is 0 Å². The van der Waals surface area contributed by atoms with Crippen LogP contribution in [0.1, 0.15) is 0 Å². The first-order chi connectivity index (χ1) is 31.7. The first-order valence-corrected chi connectivity index (χ1v) is 21.8. The van der Waals surface area contributed by atoms with Crippen LogP contribution < -0.4 is 4.90 Å². The van der Waals surface area contributed by atoms with E-state index >= 15 is 0 Å². The second-order valence-corrected chi connectivity index (χ2v) is 16.0. The molecule has 0 atom stereocenters. The van der Waals surface area contributed by atoms with Gasteiger partial charge in [0.1, 0.15) is 5.82 Å². The van der Waals surface area contributed by atoms with Gasteiger partial charge in [0.15, 0.2) is 0 Å². The summed E-state index contributed by atoms with van der Waals surface area (Å²) in [5.74, 6) is 0.923. The summed E-state index contributed by atoms with van der Waals surface area (Å²) in [6.07, 6.45) is 0. The van der Waals surface area contributed by atoms with Crippen LogP contribution in [0.25, 0.3) is 83.7 Å². The van der Waals surface area contributed by atoms with Crippen LogP contribution in [0.2, 0.25) is 0 Å². The van der Waals surface area contributed by atoms with Crippen molar-refractivity contribution in [2.24, 2.45) is 0 Å². The Balaban J connectivity index is 0.954. The van der Waals surface area contributed by atoms with E-state index < -0.39 is 0 Å². The van der Waals surface area contributed by atoms with Gasteiger partial charge in [-0.1, -0.05) is 194 Å². The first-order valence-electron chi connectivity index (χ1n) is 21.8. The van der Waals surface area contributed by atoms with Crippen LogP contribution in [0.15, 0.2) is 261 Å². The summed E-state index contributed by atoms with van der Waals surface area (Å²) in [6.45, 7) is 0. The summed E-state index contributed by atoms with van der Waals surface area (Å²) in [7, 11) is 0. The number of hydrogen-bond donors (Lipinski definition) is 0. The van der Waals surface area contributed by atoms with Crippen molar-refractivity contribution >= 4 is 28.1 Å². The van der Waals surface area contributed by atoms with Gasteiger partial charge in [0, 0.05) is 33.9 Å². The molecule has 11 aromatic rings. The molecule has 1 aromatic heterocycles. The van der Waals surface area contributed by atoms with E-state index in [1.807, 2.05) is 6.07 Å². The second kappa shape index (κ2) is 17.1. The van der Waals surface area contributed by atoms with Gasteiger partial charge in [-0.05, 0) is 117 Å². The SMILES string of the molecule is c1ccc(-c2ccc(N(c3ccc(-c4cccc(-c5ccccc5)c4)cc3)c3ccc(-c4cccc(-c5cccc6nc(-c7ccccc7)n(-c7ccccc7)c56)c4)cc3)cc2)cc1. The molecule has 3 nitrogen and oxygen atoms in total. The molecule has 0 N–H and O–H groups in total. The summed E-state index contributed by atoms with van der Waals surface area (Å²) < 4.78 is 2.30. The average molecular weight is 818 g/mol. The molecule has 0 radical (unpaired) electrons. The summed E-state index contributed by atoms with van der Waals surface area (Å²) >= 11 is 0. The fraction of sp³-hybridized carbons (Fsp3) is 0. The molecule has 302 valence electrons. The number of aromatic nitrogens is 2. The molecule has 11 rings (SSSR count). The van der Waals surface area contributed by atoms with Gasteiger partial charge in [0.25, 0.3) is 0 Å². The molecule has 0 amide bonds. The molecule has 0 aliphatic carbocycles.